The minimum Gasteiger partial charge on any atom is -0.493 e. The van der Waals surface area contributed by atoms with Gasteiger partial charge in [0.05, 0.1) is 23.8 Å². The van der Waals surface area contributed by atoms with Gasteiger partial charge in [-0.1, -0.05) is 18.2 Å². The summed E-state index contributed by atoms with van der Waals surface area (Å²) in [5.41, 5.74) is 2.90. The Kier molecular flexibility index (Phi) is 7.41. The zero-order valence-corrected chi connectivity index (χ0v) is 19.4. The van der Waals surface area contributed by atoms with Crippen molar-refractivity contribution in [3.05, 3.63) is 92.4 Å². The van der Waals surface area contributed by atoms with Crippen molar-refractivity contribution in [2.45, 2.75) is 4.90 Å². The van der Waals surface area contributed by atoms with E-state index < -0.39 is 20.9 Å². The molecule has 0 fully saturated rings. The maximum absolute atomic E-state index is 12.6. The van der Waals surface area contributed by atoms with E-state index in [2.05, 4.69) is 26.5 Å². The van der Waals surface area contributed by atoms with Crippen LogP contribution in [0.15, 0.2) is 81.2 Å². The molecule has 0 bridgehead atoms. The highest BCUT2D eigenvalue weighted by molar-refractivity contribution is 9.10. The monoisotopic (exact) mass is 533 g/mol. The first-order valence-electron chi connectivity index (χ1n) is 9.16. The van der Waals surface area contributed by atoms with Crippen LogP contribution in [0.5, 0.6) is 11.5 Å². The molecule has 0 saturated heterocycles. The molecule has 170 valence electrons. The summed E-state index contributed by atoms with van der Waals surface area (Å²) < 4.78 is 36.0. The van der Waals surface area contributed by atoms with Crippen LogP contribution in [0.3, 0.4) is 0 Å². The Bertz CT molecular complexity index is 1340. The molecule has 0 aliphatic heterocycles. The first-order chi connectivity index (χ1) is 15.7. The molecule has 0 spiro atoms. The van der Waals surface area contributed by atoms with Gasteiger partial charge in [0, 0.05) is 16.6 Å². The number of carbonyl (C=O) groups is 1. The highest BCUT2D eigenvalue weighted by atomic mass is 79.9. The maximum Gasteiger partial charge on any atom is 0.339 e. The number of amides is 1. The number of hydrogen-bond donors (Lipinski definition) is 1. The fourth-order valence-corrected chi connectivity index (χ4v) is 4.07. The Morgan fingerprint density at radius 2 is 1.85 bits per heavy atom. The summed E-state index contributed by atoms with van der Waals surface area (Å²) >= 11 is 3.29. The molecule has 0 atom stereocenters. The predicted octanol–water partition coefficient (Wildman–Crippen LogP) is 3.90. The van der Waals surface area contributed by atoms with Gasteiger partial charge in [-0.15, -0.1) is 0 Å². The molecule has 33 heavy (non-hydrogen) atoms. The molecule has 3 rings (SSSR count). The Morgan fingerprint density at radius 1 is 1.09 bits per heavy atom. The summed E-state index contributed by atoms with van der Waals surface area (Å²) in [6, 6.07) is 15.6. The van der Waals surface area contributed by atoms with Gasteiger partial charge < -0.3 is 8.92 Å². The molecule has 12 heteroatoms. The van der Waals surface area contributed by atoms with E-state index in [0.717, 1.165) is 6.07 Å². The van der Waals surface area contributed by atoms with Gasteiger partial charge in [-0.05, 0) is 57.9 Å². The van der Waals surface area contributed by atoms with E-state index in [1.165, 1.54) is 49.7 Å². The lowest BCUT2D eigenvalue weighted by atomic mass is 10.2. The van der Waals surface area contributed by atoms with Crippen LogP contribution in [0.4, 0.5) is 5.69 Å². The number of carbonyl (C=O) groups excluding carboxylic acids is 1. The molecule has 3 aromatic carbocycles. The van der Waals surface area contributed by atoms with Gasteiger partial charge in [0.1, 0.15) is 4.90 Å². The summed E-state index contributed by atoms with van der Waals surface area (Å²) in [4.78, 5) is 22.0. The zero-order valence-electron chi connectivity index (χ0n) is 17.0. The van der Waals surface area contributed by atoms with E-state index in [1.807, 2.05) is 0 Å². The van der Waals surface area contributed by atoms with Crippen LogP contribution < -0.4 is 14.3 Å². The molecule has 0 unspecified atom stereocenters. The Morgan fingerprint density at radius 3 is 2.55 bits per heavy atom. The van der Waals surface area contributed by atoms with Crippen LogP contribution in [-0.4, -0.2) is 32.6 Å². The fourth-order valence-electron chi connectivity index (χ4n) is 2.62. The third-order valence-corrected chi connectivity index (χ3v) is 6.12. The van der Waals surface area contributed by atoms with Gasteiger partial charge in [0.2, 0.25) is 0 Å². The number of ether oxygens (including phenoxy) is 1. The summed E-state index contributed by atoms with van der Waals surface area (Å²) in [5, 5.41) is 14.8. The number of nitrogens with zero attached hydrogens (tertiary/aromatic N) is 2. The molecule has 1 amide bonds. The van der Waals surface area contributed by atoms with Crippen molar-refractivity contribution in [3.8, 4) is 11.5 Å². The highest BCUT2D eigenvalue weighted by Gasteiger charge is 2.22. The van der Waals surface area contributed by atoms with Crippen LogP contribution in [0.1, 0.15) is 15.9 Å². The number of nitro benzene ring substituents is 1. The smallest absolute Gasteiger partial charge is 0.339 e. The summed E-state index contributed by atoms with van der Waals surface area (Å²) in [5.74, 6) is -0.475. The summed E-state index contributed by atoms with van der Waals surface area (Å²) in [6.45, 7) is 0. The van der Waals surface area contributed by atoms with Crippen LogP contribution >= 0.6 is 15.9 Å². The molecular weight excluding hydrogens is 518 g/mol. The average Bonchev–Trinajstić information content (AvgIpc) is 2.80. The minimum absolute atomic E-state index is 0.0742. The Hall–Kier alpha value is -3.77. The number of non-ortho nitro benzene ring substituents is 1. The van der Waals surface area contributed by atoms with E-state index >= 15 is 0 Å². The number of halogens is 1. The van der Waals surface area contributed by atoms with Crippen molar-refractivity contribution in [3.63, 3.8) is 0 Å². The van der Waals surface area contributed by atoms with Crippen LogP contribution in [0.25, 0.3) is 0 Å². The van der Waals surface area contributed by atoms with Crippen molar-refractivity contribution >= 4 is 43.9 Å². The molecule has 3 aromatic rings. The minimum atomic E-state index is -4.36. The van der Waals surface area contributed by atoms with Crippen LogP contribution in [-0.2, 0) is 10.1 Å². The average molecular weight is 534 g/mol. The van der Waals surface area contributed by atoms with E-state index in [1.54, 1.807) is 24.3 Å². The lowest BCUT2D eigenvalue weighted by Gasteiger charge is -2.11. The van der Waals surface area contributed by atoms with Crippen molar-refractivity contribution in [1.29, 1.82) is 0 Å². The van der Waals surface area contributed by atoms with Crippen molar-refractivity contribution in [1.82, 2.24) is 5.43 Å². The first kappa shape index (κ1) is 23.9. The van der Waals surface area contributed by atoms with Gasteiger partial charge in [-0.3, -0.25) is 14.9 Å². The van der Waals surface area contributed by atoms with Gasteiger partial charge in [-0.25, -0.2) is 5.43 Å². The van der Waals surface area contributed by atoms with Crippen LogP contribution in [0.2, 0.25) is 0 Å². The van der Waals surface area contributed by atoms with E-state index in [0.29, 0.717) is 15.6 Å². The molecule has 0 radical (unpaired) electrons. The lowest BCUT2D eigenvalue weighted by molar-refractivity contribution is -0.385. The van der Waals surface area contributed by atoms with Crippen molar-refractivity contribution in [2.75, 3.05) is 7.11 Å². The zero-order chi connectivity index (χ0) is 24.0. The molecule has 0 aromatic heterocycles. The van der Waals surface area contributed by atoms with E-state index in [4.69, 9.17) is 8.92 Å². The van der Waals surface area contributed by atoms with Gasteiger partial charge >= 0.3 is 10.1 Å². The van der Waals surface area contributed by atoms with Gasteiger partial charge in [0.25, 0.3) is 11.6 Å². The second-order valence-corrected chi connectivity index (χ2v) is 8.78. The molecule has 1 N–H and O–H groups in total. The molecule has 0 aliphatic rings. The van der Waals surface area contributed by atoms with Crippen LogP contribution in [0, 0.1) is 10.1 Å². The number of hydrazone groups is 1. The molecule has 0 saturated carbocycles. The topological polar surface area (TPSA) is 137 Å². The maximum atomic E-state index is 12.6. The normalized spacial score (nSPS) is 11.2. The molecule has 10 nitrogen and oxygen atoms in total. The van der Waals surface area contributed by atoms with E-state index in [-0.39, 0.29) is 22.1 Å². The number of rotatable bonds is 8. The fraction of sp³-hybridized carbons (Fsp3) is 0.0476. The number of nitro groups is 1. The van der Waals surface area contributed by atoms with E-state index in [9.17, 15) is 23.3 Å². The molecule has 0 heterocycles. The number of hydrogen-bond acceptors (Lipinski definition) is 8. The Labute approximate surface area is 197 Å². The lowest BCUT2D eigenvalue weighted by Crippen LogP contribution is -2.18. The second-order valence-electron chi connectivity index (χ2n) is 6.38. The second kappa shape index (κ2) is 10.2. The molecular formula is C21H16BrN3O7S. The third-order valence-electron chi connectivity index (χ3n) is 4.20. The van der Waals surface area contributed by atoms with Crippen molar-refractivity contribution < 1.29 is 27.1 Å². The first-order valence-corrected chi connectivity index (χ1v) is 11.4. The summed E-state index contributed by atoms with van der Waals surface area (Å²) in [7, 11) is -3.04. The number of methoxy groups -OCH3 is 1. The third kappa shape index (κ3) is 5.93. The Balaban J connectivity index is 1.76. The highest BCUT2D eigenvalue weighted by Crippen LogP contribution is 2.31. The van der Waals surface area contributed by atoms with Gasteiger partial charge in [-0.2, -0.15) is 13.5 Å². The predicted molar refractivity (Wildman–Crippen MR) is 123 cm³/mol. The van der Waals surface area contributed by atoms with Crippen molar-refractivity contribution in [2.24, 2.45) is 5.10 Å². The standard InChI is InChI=1S/C21H16BrN3O7S/c1-31-20-11-14(13-23-24-21(26)17-7-2-3-8-18(17)22)9-10-19(20)32-33(29,30)16-6-4-5-15(12-16)25(27)28/h2-13H,1H3,(H,24,26)/b23-13-. The summed E-state index contributed by atoms with van der Waals surface area (Å²) in [6.07, 6.45) is 1.34. The molecule has 0 aliphatic carbocycles. The number of nitrogens with one attached hydrogen (secondary N) is 1. The van der Waals surface area contributed by atoms with Gasteiger partial charge in [0.15, 0.2) is 11.5 Å². The SMILES string of the molecule is COc1cc(/C=N\NC(=O)c2ccccc2Br)ccc1OS(=O)(=O)c1cccc([N+](=O)[O-])c1. The largest absolute Gasteiger partial charge is 0.493 e. The number of benzene rings is 3. The quantitative estimate of drug-likeness (QED) is 0.200.